The predicted octanol–water partition coefficient (Wildman–Crippen LogP) is 3.35. The van der Waals surface area contributed by atoms with Crippen LogP contribution in [0.5, 0.6) is 0 Å². The van der Waals surface area contributed by atoms with Crippen LogP contribution in [-0.4, -0.2) is 63.9 Å². The zero-order valence-corrected chi connectivity index (χ0v) is 23.8. The van der Waals surface area contributed by atoms with Crippen molar-refractivity contribution in [3.05, 3.63) is 12.2 Å². The van der Waals surface area contributed by atoms with Crippen molar-refractivity contribution in [3.63, 3.8) is 0 Å². The summed E-state index contributed by atoms with van der Waals surface area (Å²) in [6, 6.07) is 0. The molecule has 0 saturated heterocycles. The quantitative estimate of drug-likeness (QED) is 0.242. The maximum absolute atomic E-state index is 11.7. The standard InChI is InChI=1S/C28H48O8S/c1-16(18(3)15-36-37(33,34)35)6-7-17(2)22-13-23(30)25-20-12-24(31)28(32)14-19(29)8-11-27(28,5)21(20)9-10-26(22,25)4/h6-7,16-25,29-32H,8-15H2,1-5H3,(H,33,34,35)/b7-6+/t16-,17-,18-,19+,20?,21?,22-,23?,24-,25?,26-,27-,28+/m1/s1. The van der Waals surface area contributed by atoms with E-state index in [4.69, 9.17) is 4.55 Å². The van der Waals surface area contributed by atoms with E-state index >= 15 is 0 Å². The Balaban J connectivity index is 1.51. The minimum absolute atomic E-state index is 0.0441. The predicted molar refractivity (Wildman–Crippen MR) is 140 cm³/mol. The molecule has 9 heteroatoms. The highest BCUT2D eigenvalue weighted by atomic mass is 32.3. The van der Waals surface area contributed by atoms with Crippen LogP contribution < -0.4 is 0 Å². The summed E-state index contributed by atoms with van der Waals surface area (Å²) in [4.78, 5) is 0. The first-order valence-corrected chi connectivity index (χ1v) is 15.5. The second-order valence-electron chi connectivity index (χ2n) is 13.5. The van der Waals surface area contributed by atoms with Gasteiger partial charge in [0.05, 0.1) is 30.5 Å². The van der Waals surface area contributed by atoms with E-state index in [1.807, 2.05) is 13.8 Å². The first-order valence-electron chi connectivity index (χ1n) is 14.1. The van der Waals surface area contributed by atoms with E-state index in [-0.39, 0.29) is 59.9 Å². The Morgan fingerprint density at radius 2 is 1.70 bits per heavy atom. The first-order chi connectivity index (χ1) is 17.0. The van der Waals surface area contributed by atoms with Gasteiger partial charge >= 0.3 is 10.4 Å². The fraction of sp³-hybridized carbons (Fsp3) is 0.929. The summed E-state index contributed by atoms with van der Waals surface area (Å²) < 4.78 is 35.2. The molecular formula is C28H48O8S. The highest BCUT2D eigenvalue weighted by Crippen LogP contribution is 2.69. The van der Waals surface area contributed by atoms with E-state index in [0.29, 0.717) is 25.7 Å². The monoisotopic (exact) mass is 544 g/mol. The summed E-state index contributed by atoms with van der Waals surface area (Å²) in [6.45, 7) is 10.4. The third kappa shape index (κ3) is 5.07. The van der Waals surface area contributed by atoms with Crippen LogP contribution in [0.1, 0.15) is 79.6 Å². The molecule has 0 heterocycles. The molecule has 37 heavy (non-hydrogen) atoms. The van der Waals surface area contributed by atoms with Crippen LogP contribution in [0.15, 0.2) is 12.2 Å². The molecule has 0 aliphatic heterocycles. The van der Waals surface area contributed by atoms with Crippen molar-refractivity contribution in [1.82, 2.24) is 0 Å². The Kier molecular flexibility index (Phi) is 8.06. The molecule has 0 aromatic heterocycles. The summed E-state index contributed by atoms with van der Waals surface area (Å²) in [7, 11) is -4.45. The average molecular weight is 545 g/mol. The maximum Gasteiger partial charge on any atom is 0.397 e. The van der Waals surface area contributed by atoms with Gasteiger partial charge in [0.1, 0.15) is 0 Å². The molecular weight excluding hydrogens is 496 g/mol. The molecule has 4 aliphatic carbocycles. The third-order valence-electron chi connectivity index (χ3n) is 11.6. The van der Waals surface area contributed by atoms with Crippen molar-refractivity contribution >= 4 is 10.4 Å². The minimum atomic E-state index is -4.45. The number of hydrogen-bond donors (Lipinski definition) is 5. The molecule has 0 aromatic carbocycles. The summed E-state index contributed by atoms with van der Waals surface area (Å²) in [6.07, 6.45) is 6.88. The van der Waals surface area contributed by atoms with Gasteiger partial charge in [0.15, 0.2) is 0 Å². The summed E-state index contributed by atoms with van der Waals surface area (Å²) >= 11 is 0. The molecule has 4 fully saturated rings. The van der Waals surface area contributed by atoms with Crippen LogP contribution in [0.3, 0.4) is 0 Å². The van der Waals surface area contributed by atoms with Crippen molar-refractivity contribution in [1.29, 1.82) is 0 Å². The number of allylic oxidation sites excluding steroid dienone is 2. The summed E-state index contributed by atoms with van der Waals surface area (Å²) in [5.41, 5.74) is -1.85. The molecule has 214 valence electrons. The lowest BCUT2D eigenvalue weighted by Gasteiger charge is -2.65. The number of aliphatic hydroxyl groups is 4. The molecule has 4 aliphatic rings. The minimum Gasteiger partial charge on any atom is -0.393 e. The first kappa shape index (κ1) is 29.4. The second-order valence-corrected chi connectivity index (χ2v) is 14.6. The smallest absolute Gasteiger partial charge is 0.393 e. The molecule has 0 spiro atoms. The van der Waals surface area contributed by atoms with Crippen molar-refractivity contribution in [2.45, 2.75) is 103 Å². The number of fused-ring (bicyclic) bond motifs is 5. The Morgan fingerprint density at radius 1 is 1.03 bits per heavy atom. The van der Waals surface area contributed by atoms with E-state index in [2.05, 4.69) is 37.1 Å². The lowest BCUT2D eigenvalue weighted by atomic mass is 9.42. The van der Waals surface area contributed by atoms with Crippen LogP contribution in [0.25, 0.3) is 0 Å². The fourth-order valence-corrected chi connectivity index (χ4v) is 9.60. The third-order valence-corrected chi connectivity index (χ3v) is 12.1. The average Bonchev–Trinajstić information content (AvgIpc) is 3.08. The van der Waals surface area contributed by atoms with E-state index in [1.165, 1.54) is 0 Å². The summed E-state index contributed by atoms with van der Waals surface area (Å²) in [5, 5.41) is 44.6. The molecule has 0 bridgehead atoms. The second kappa shape index (κ2) is 10.1. The lowest BCUT2D eigenvalue weighted by Crippen LogP contribution is -2.69. The summed E-state index contributed by atoms with van der Waals surface area (Å²) in [5.74, 6) is 0.786. The van der Waals surface area contributed by atoms with Gasteiger partial charge in [-0.15, -0.1) is 0 Å². The molecule has 8 nitrogen and oxygen atoms in total. The van der Waals surface area contributed by atoms with Gasteiger partial charge in [0, 0.05) is 11.8 Å². The van der Waals surface area contributed by atoms with E-state index in [9.17, 15) is 28.8 Å². The van der Waals surface area contributed by atoms with Gasteiger partial charge in [0.25, 0.3) is 0 Å². The largest absolute Gasteiger partial charge is 0.397 e. The molecule has 0 aromatic rings. The molecule has 4 saturated carbocycles. The van der Waals surface area contributed by atoms with Crippen LogP contribution in [-0.2, 0) is 14.6 Å². The van der Waals surface area contributed by atoms with E-state index in [0.717, 1.165) is 12.8 Å². The van der Waals surface area contributed by atoms with Gasteiger partial charge in [-0.25, -0.2) is 4.18 Å². The molecule has 5 N–H and O–H groups in total. The van der Waals surface area contributed by atoms with Gasteiger partial charge in [-0.1, -0.05) is 46.8 Å². The molecule has 0 radical (unpaired) electrons. The Bertz CT molecular complexity index is 969. The van der Waals surface area contributed by atoms with E-state index < -0.39 is 39.7 Å². The van der Waals surface area contributed by atoms with Gasteiger partial charge in [-0.05, 0) is 85.4 Å². The topological polar surface area (TPSA) is 145 Å². The van der Waals surface area contributed by atoms with Gasteiger partial charge in [-0.2, -0.15) is 8.42 Å². The highest BCUT2D eigenvalue weighted by Gasteiger charge is 2.68. The van der Waals surface area contributed by atoms with Gasteiger partial charge in [-0.3, -0.25) is 4.55 Å². The number of hydrogen-bond acceptors (Lipinski definition) is 7. The normalized spacial score (nSPS) is 48.6. The molecule has 13 atom stereocenters. The maximum atomic E-state index is 11.7. The number of aliphatic hydroxyl groups excluding tert-OH is 3. The van der Waals surface area contributed by atoms with Crippen LogP contribution >= 0.6 is 0 Å². The van der Waals surface area contributed by atoms with Crippen molar-refractivity contribution < 1.29 is 37.6 Å². The van der Waals surface area contributed by atoms with Crippen molar-refractivity contribution in [2.75, 3.05) is 6.61 Å². The fourth-order valence-electron chi connectivity index (χ4n) is 9.21. The van der Waals surface area contributed by atoms with Crippen LogP contribution in [0, 0.1) is 52.3 Å². The SMILES string of the molecule is C[C@H](/C=C/[C@@H](C)[C@H]1CC(O)C2C3C[C@@H](O)[C@@]4(O)C[C@@H](O)CC[C@]4(C)C3CC[C@@]21C)[C@H](C)COS(=O)(=O)O. The lowest BCUT2D eigenvalue weighted by molar-refractivity contribution is -0.268. The van der Waals surface area contributed by atoms with Gasteiger partial charge < -0.3 is 20.4 Å². The Hall–Kier alpha value is -0.550. The number of rotatable bonds is 7. The highest BCUT2D eigenvalue weighted by molar-refractivity contribution is 7.80. The zero-order chi connectivity index (χ0) is 27.6. The molecule has 0 amide bonds. The van der Waals surface area contributed by atoms with Crippen molar-refractivity contribution in [3.8, 4) is 0 Å². The Labute approximate surface area is 222 Å². The molecule has 4 rings (SSSR count). The van der Waals surface area contributed by atoms with E-state index in [1.54, 1.807) is 0 Å². The molecule has 4 unspecified atom stereocenters. The van der Waals surface area contributed by atoms with Gasteiger partial charge in [0.2, 0.25) is 0 Å². The van der Waals surface area contributed by atoms with Crippen LogP contribution in [0.4, 0.5) is 0 Å². The zero-order valence-electron chi connectivity index (χ0n) is 23.0. The Morgan fingerprint density at radius 3 is 2.35 bits per heavy atom. The van der Waals surface area contributed by atoms with Crippen molar-refractivity contribution in [2.24, 2.45) is 52.3 Å². The van der Waals surface area contributed by atoms with Crippen LogP contribution in [0.2, 0.25) is 0 Å².